The van der Waals surface area contributed by atoms with Crippen molar-refractivity contribution in [2.45, 2.75) is 37.6 Å². The Labute approximate surface area is 105 Å². The molecule has 6 heteroatoms. The Kier molecular flexibility index (Phi) is 3.69. The standard InChI is InChI=1S/C11H17ClN4O/c12-8-9(14-7-15-10(8)17)16-11(6-13)4-2-1-3-5-11/h7H,1-6,13H2,(H2,14,15,16,17). The van der Waals surface area contributed by atoms with Gasteiger partial charge in [0.15, 0.2) is 5.82 Å². The molecule has 0 amide bonds. The van der Waals surface area contributed by atoms with Gasteiger partial charge < -0.3 is 16.0 Å². The number of hydrogen-bond donors (Lipinski definition) is 3. The fourth-order valence-electron chi connectivity index (χ4n) is 2.33. The van der Waals surface area contributed by atoms with Crippen molar-refractivity contribution in [1.82, 2.24) is 9.97 Å². The highest BCUT2D eigenvalue weighted by Gasteiger charge is 2.31. The van der Waals surface area contributed by atoms with Crippen LogP contribution in [-0.2, 0) is 0 Å². The number of hydrogen-bond acceptors (Lipinski definition) is 4. The van der Waals surface area contributed by atoms with Crippen LogP contribution in [0.15, 0.2) is 11.1 Å². The van der Waals surface area contributed by atoms with Gasteiger partial charge in [-0.1, -0.05) is 30.9 Å². The minimum atomic E-state index is -0.327. The average molecular weight is 257 g/mol. The van der Waals surface area contributed by atoms with E-state index in [1.807, 2.05) is 0 Å². The molecule has 0 radical (unpaired) electrons. The molecule has 5 nitrogen and oxygen atoms in total. The summed E-state index contributed by atoms with van der Waals surface area (Å²) in [5, 5.41) is 3.37. The van der Waals surface area contributed by atoms with Crippen molar-refractivity contribution >= 4 is 17.4 Å². The largest absolute Gasteiger partial charge is 0.362 e. The van der Waals surface area contributed by atoms with Crippen LogP contribution in [0.4, 0.5) is 5.82 Å². The zero-order valence-corrected chi connectivity index (χ0v) is 10.4. The van der Waals surface area contributed by atoms with Crippen molar-refractivity contribution in [3.63, 3.8) is 0 Å². The van der Waals surface area contributed by atoms with Gasteiger partial charge in [-0.2, -0.15) is 0 Å². The molecule has 1 heterocycles. The summed E-state index contributed by atoms with van der Waals surface area (Å²) in [6.07, 6.45) is 6.86. The number of nitrogens with one attached hydrogen (secondary N) is 2. The highest BCUT2D eigenvalue weighted by Crippen LogP contribution is 2.31. The maximum Gasteiger partial charge on any atom is 0.271 e. The number of H-pyrrole nitrogens is 1. The SMILES string of the molecule is NCC1(Nc2nc[nH]c(=O)c2Cl)CCCCC1. The fraction of sp³-hybridized carbons (Fsp3) is 0.636. The van der Waals surface area contributed by atoms with Crippen molar-refractivity contribution in [2.75, 3.05) is 11.9 Å². The lowest BCUT2D eigenvalue weighted by atomic mass is 9.82. The van der Waals surface area contributed by atoms with Crippen molar-refractivity contribution in [3.05, 3.63) is 21.7 Å². The Morgan fingerprint density at radius 3 is 2.82 bits per heavy atom. The summed E-state index contributed by atoms with van der Waals surface area (Å²) in [4.78, 5) is 17.9. The van der Waals surface area contributed by atoms with E-state index in [1.54, 1.807) is 0 Å². The lowest BCUT2D eigenvalue weighted by Crippen LogP contribution is -2.47. The van der Waals surface area contributed by atoms with E-state index < -0.39 is 0 Å². The van der Waals surface area contributed by atoms with Crippen LogP contribution in [0.25, 0.3) is 0 Å². The highest BCUT2D eigenvalue weighted by atomic mass is 35.5. The Bertz CT molecular complexity index is 439. The number of nitrogens with two attached hydrogens (primary N) is 1. The fourth-order valence-corrected chi connectivity index (χ4v) is 2.48. The molecule has 0 aromatic carbocycles. The van der Waals surface area contributed by atoms with Gasteiger partial charge in [0, 0.05) is 6.54 Å². The predicted molar refractivity (Wildman–Crippen MR) is 68.4 cm³/mol. The van der Waals surface area contributed by atoms with E-state index in [0.29, 0.717) is 12.4 Å². The molecule has 1 aromatic heterocycles. The third-order valence-corrected chi connectivity index (χ3v) is 3.73. The van der Waals surface area contributed by atoms with E-state index in [2.05, 4.69) is 15.3 Å². The summed E-state index contributed by atoms with van der Waals surface area (Å²) < 4.78 is 0. The van der Waals surface area contributed by atoms with Gasteiger partial charge in [0.1, 0.15) is 5.02 Å². The molecule has 17 heavy (non-hydrogen) atoms. The molecule has 0 atom stereocenters. The van der Waals surface area contributed by atoms with Crippen LogP contribution in [0.5, 0.6) is 0 Å². The molecule has 0 unspecified atom stereocenters. The number of aromatic nitrogens is 2. The Morgan fingerprint density at radius 1 is 1.47 bits per heavy atom. The van der Waals surface area contributed by atoms with E-state index >= 15 is 0 Å². The number of halogens is 1. The molecule has 0 aliphatic heterocycles. The van der Waals surface area contributed by atoms with Crippen LogP contribution >= 0.6 is 11.6 Å². The molecule has 0 spiro atoms. The zero-order valence-electron chi connectivity index (χ0n) is 9.63. The van der Waals surface area contributed by atoms with Gasteiger partial charge in [-0.05, 0) is 12.8 Å². The van der Waals surface area contributed by atoms with Gasteiger partial charge in [-0.15, -0.1) is 0 Å². The average Bonchev–Trinajstić information content (AvgIpc) is 2.36. The smallest absolute Gasteiger partial charge is 0.271 e. The molecule has 1 aromatic rings. The molecule has 94 valence electrons. The molecule has 1 aliphatic carbocycles. The van der Waals surface area contributed by atoms with Crippen molar-refractivity contribution in [2.24, 2.45) is 5.73 Å². The van der Waals surface area contributed by atoms with E-state index in [0.717, 1.165) is 25.7 Å². The van der Waals surface area contributed by atoms with Gasteiger partial charge in [-0.25, -0.2) is 4.98 Å². The lowest BCUT2D eigenvalue weighted by Gasteiger charge is -2.37. The summed E-state index contributed by atoms with van der Waals surface area (Å²) in [6.45, 7) is 0.526. The highest BCUT2D eigenvalue weighted by molar-refractivity contribution is 6.32. The first-order valence-electron chi connectivity index (χ1n) is 5.88. The van der Waals surface area contributed by atoms with E-state index in [9.17, 15) is 4.79 Å². The third kappa shape index (κ3) is 2.61. The number of rotatable bonds is 3. The monoisotopic (exact) mass is 256 g/mol. The minimum absolute atomic E-state index is 0.103. The molecular weight excluding hydrogens is 240 g/mol. The van der Waals surface area contributed by atoms with Gasteiger partial charge in [-0.3, -0.25) is 4.79 Å². The van der Waals surface area contributed by atoms with Gasteiger partial charge in [0.05, 0.1) is 11.9 Å². The van der Waals surface area contributed by atoms with Crippen LogP contribution in [0, 0.1) is 0 Å². The molecule has 0 saturated heterocycles. The van der Waals surface area contributed by atoms with E-state index in [-0.39, 0.29) is 16.1 Å². The Balaban J connectivity index is 2.23. The van der Waals surface area contributed by atoms with Gasteiger partial charge in [0.2, 0.25) is 0 Å². The molecule has 1 fully saturated rings. The summed E-state index contributed by atoms with van der Waals surface area (Å²) in [5.74, 6) is 0.433. The number of anilines is 1. The maximum atomic E-state index is 11.4. The van der Waals surface area contributed by atoms with Gasteiger partial charge >= 0.3 is 0 Å². The van der Waals surface area contributed by atoms with Crippen LogP contribution in [0.2, 0.25) is 5.02 Å². The molecule has 4 N–H and O–H groups in total. The van der Waals surface area contributed by atoms with Gasteiger partial charge in [0.25, 0.3) is 5.56 Å². The molecular formula is C11H17ClN4O. The Hall–Kier alpha value is -1.07. The maximum absolute atomic E-state index is 11.4. The third-order valence-electron chi connectivity index (χ3n) is 3.38. The van der Waals surface area contributed by atoms with Crippen LogP contribution in [0.3, 0.4) is 0 Å². The second-order valence-electron chi connectivity index (χ2n) is 4.56. The second-order valence-corrected chi connectivity index (χ2v) is 4.94. The van der Waals surface area contributed by atoms with Crippen LogP contribution in [0.1, 0.15) is 32.1 Å². The number of aromatic amines is 1. The predicted octanol–water partition coefficient (Wildman–Crippen LogP) is 1.50. The lowest BCUT2D eigenvalue weighted by molar-refractivity contribution is 0.330. The summed E-state index contributed by atoms with van der Waals surface area (Å²) >= 11 is 5.92. The molecule has 1 saturated carbocycles. The Morgan fingerprint density at radius 2 is 2.18 bits per heavy atom. The zero-order chi connectivity index (χ0) is 12.3. The molecule has 1 aliphatic rings. The first-order chi connectivity index (χ1) is 8.17. The first kappa shape index (κ1) is 12.4. The molecule has 2 rings (SSSR count). The number of nitrogens with zero attached hydrogens (tertiary/aromatic N) is 1. The minimum Gasteiger partial charge on any atom is -0.362 e. The summed E-state index contributed by atoms with van der Waals surface area (Å²) in [5.41, 5.74) is 5.36. The summed E-state index contributed by atoms with van der Waals surface area (Å²) in [7, 11) is 0. The quantitative estimate of drug-likeness (QED) is 0.765. The molecule has 0 bridgehead atoms. The van der Waals surface area contributed by atoms with Crippen molar-refractivity contribution in [1.29, 1.82) is 0 Å². The summed E-state index contributed by atoms with van der Waals surface area (Å²) in [6, 6.07) is 0. The normalized spacial score (nSPS) is 18.9. The van der Waals surface area contributed by atoms with E-state index in [1.165, 1.54) is 12.7 Å². The van der Waals surface area contributed by atoms with E-state index in [4.69, 9.17) is 17.3 Å². The van der Waals surface area contributed by atoms with Crippen molar-refractivity contribution in [3.8, 4) is 0 Å². The topological polar surface area (TPSA) is 83.8 Å². The van der Waals surface area contributed by atoms with Crippen LogP contribution < -0.4 is 16.6 Å². The first-order valence-corrected chi connectivity index (χ1v) is 6.26. The second kappa shape index (κ2) is 5.06. The van der Waals surface area contributed by atoms with Crippen LogP contribution in [-0.4, -0.2) is 22.1 Å². The van der Waals surface area contributed by atoms with Crippen molar-refractivity contribution < 1.29 is 0 Å².